The molecule has 1 saturated heterocycles. The van der Waals surface area contributed by atoms with E-state index >= 15 is 0 Å². The summed E-state index contributed by atoms with van der Waals surface area (Å²) in [5.74, 6) is -0.241. The van der Waals surface area contributed by atoms with Crippen molar-refractivity contribution in [2.45, 2.75) is 19.1 Å². The number of carbonyl (C=O) groups excluding carboxylic acids is 1. The summed E-state index contributed by atoms with van der Waals surface area (Å²) in [5, 5.41) is 0. The molecule has 1 aliphatic rings. The van der Waals surface area contributed by atoms with Crippen molar-refractivity contribution >= 4 is 5.97 Å². The number of rotatable bonds is 4. The number of carbonyl (C=O) groups is 1. The van der Waals surface area contributed by atoms with Gasteiger partial charge in [-0.3, -0.25) is 9.69 Å². The number of hydrogen-bond donors (Lipinski definition) is 1. The molecule has 0 bridgehead atoms. The summed E-state index contributed by atoms with van der Waals surface area (Å²) in [6.07, 6.45) is 0. The zero-order chi connectivity index (χ0) is 13.7. The minimum Gasteiger partial charge on any atom is -0.468 e. The van der Waals surface area contributed by atoms with Crippen LogP contribution in [0.3, 0.4) is 0 Å². The van der Waals surface area contributed by atoms with Gasteiger partial charge >= 0.3 is 5.97 Å². The topological polar surface area (TPSA) is 64.8 Å². The van der Waals surface area contributed by atoms with Crippen LogP contribution in [0, 0.1) is 0 Å². The maximum Gasteiger partial charge on any atom is 0.325 e. The molecule has 104 valence electrons. The number of nitrogens with two attached hydrogens (primary N) is 1. The van der Waals surface area contributed by atoms with Crippen LogP contribution in [-0.2, 0) is 27.4 Å². The molecular weight excluding hydrogens is 244 g/mol. The summed E-state index contributed by atoms with van der Waals surface area (Å²) in [7, 11) is 1.41. The summed E-state index contributed by atoms with van der Waals surface area (Å²) in [4.78, 5) is 13.8. The van der Waals surface area contributed by atoms with Crippen LogP contribution in [0.4, 0.5) is 0 Å². The number of ether oxygens (including phenoxy) is 2. The first-order valence-corrected chi connectivity index (χ1v) is 6.42. The fourth-order valence-corrected chi connectivity index (χ4v) is 2.27. The molecule has 5 nitrogen and oxygen atoms in total. The first-order valence-electron chi connectivity index (χ1n) is 6.42. The molecule has 0 amide bonds. The van der Waals surface area contributed by atoms with E-state index in [1.165, 1.54) is 7.11 Å². The molecular formula is C14H20N2O3. The molecule has 2 rings (SSSR count). The quantitative estimate of drug-likeness (QED) is 0.803. The van der Waals surface area contributed by atoms with Gasteiger partial charge < -0.3 is 15.2 Å². The molecule has 1 atom stereocenters. The Balaban J connectivity index is 2.08. The van der Waals surface area contributed by atoms with Crippen LogP contribution in [0.5, 0.6) is 0 Å². The first-order chi connectivity index (χ1) is 9.24. The van der Waals surface area contributed by atoms with Gasteiger partial charge in [-0.2, -0.15) is 0 Å². The smallest absolute Gasteiger partial charge is 0.325 e. The van der Waals surface area contributed by atoms with E-state index in [0.717, 1.165) is 17.7 Å². The minimum absolute atomic E-state index is 0.241. The fourth-order valence-electron chi connectivity index (χ4n) is 2.27. The van der Waals surface area contributed by atoms with Crippen molar-refractivity contribution in [1.29, 1.82) is 0 Å². The second-order valence-electron chi connectivity index (χ2n) is 4.61. The molecule has 0 saturated carbocycles. The number of hydrogen-bond acceptors (Lipinski definition) is 5. The van der Waals surface area contributed by atoms with Crippen LogP contribution in [0.1, 0.15) is 11.1 Å². The van der Waals surface area contributed by atoms with Crippen molar-refractivity contribution in [1.82, 2.24) is 4.90 Å². The van der Waals surface area contributed by atoms with E-state index in [4.69, 9.17) is 15.2 Å². The lowest BCUT2D eigenvalue weighted by molar-refractivity contribution is -0.153. The van der Waals surface area contributed by atoms with Gasteiger partial charge in [0.15, 0.2) is 0 Å². The van der Waals surface area contributed by atoms with Gasteiger partial charge in [0.2, 0.25) is 0 Å². The Morgan fingerprint density at radius 2 is 2.32 bits per heavy atom. The second kappa shape index (κ2) is 6.65. The second-order valence-corrected chi connectivity index (χ2v) is 4.61. The highest BCUT2D eigenvalue weighted by atomic mass is 16.5. The Kier molecular flexibility index (Phi) is 4.90. The summed E-state index contributed by atoms with van der Waals surface area (Å²) >= 11 is 0. The highest BCUT2D eigenvalue weighted by Crippen LogP contribution is 2.14. The van der Waals surface area contributed by atoms with Gasteiger partial charge in [-0.1, -0.05) is 24.3 Å². The number of benzene rings is 1. The number of nitrogens with zero attached hydrogens (tertiary/aromatic N) is 1. The molecule has 0 aliphatic carbocycles. The van der Waals surface area contributed by atoms with Gasteiger partial charge in [0.25, 0.3) is 0 Å². The molecule has 2 N–H and O–H groups in total. The van der Waals surface area contributed by atoms with E-state index in [0.29, 0.717) is 26.3 Å². The van der Waals surface area contributed by atoms with Crippen LogP contribution >= 0.6 is 0 Å². The van der Waals surface area contributed by atoms with Gasteiger partial charge in [0.1, 0.15) is 6.04 Å². The van der Waals surface area contributed by atoms with Crippen LogP contribution in [0.15, 0.2) is 24.3 Å². The largest absolute Gasteiger partial charge is 0.468 e. The number of esters is 1. The predicted molar refractivity (Wildman–Crippen MR) is 71.4 cm³/mol. The standard InChI is InChI=1S/C14H20N2O3/c1-18-14(17)13-10-19-6-5-16(13)9-12-4-2-3-11(7-12)8-15/h2-4,7,13H,5-6,8-10,15H2,1H3. The van der Waals surface area contributed by atoms with Crippen LogP contribution in [0.2, 0.25) is 0 Å². The van der Waals surface area contributed by atoms with E-state index in [2.05, 4.69) is 11.0 Å². The summed E-state index contributed by atoms with van der Waals surface area (Å²) in [6, 6.07) is 7.79. The molecule has 0 aromatic heterocycles. The Morgan fingerprint density at radius 3 is 3.05 bits per heavy atom. The van der Waals surface area contributed by atoms with Gasteiger partial charge in [-0.15, -0.1) is 0 Å². The summed E-state index contributed by atoms with van der Waals surface area (Å²) in [5.41, 5.74) is 7.89. The van der Waals surface area contributed by atoms with Gasteiger partial charge in [0.05, 0.1) is 20.3 Å². The first kappa shape index (κ1) is 14.0. The van der Waals surface area contributed by atoms with Gasteiger partial charge in [-0.05, 0) is 11.1 Å². The van der Waals surface area contributed by atoms with Crippen molar-refractivity contribution in [3.63, 3.8) is 0 Å². The van der Waals surface area contributed by atoms with E-state index in [-0.39, 0.29) is 12.0 Å². The van der Waals surface area contributed by atoms with Crippen molar-refractivity contribution in [2.75, 3.05) is 26.9 Å². The lowest BCUT2D eigenvalue weighted by atomic mass is 10.1. The van der Waals surface area contributed by atoms with E-state index in [1.54, 1.807) is 0 Å². The van der Waals surface area contributed by atoms with Crippen LogP contribution in [0.25, 0.3) is 0 Å². The Hall–Kier alpha value is -1.43. The maximum absolute atomic E-state index is 11.7. The third-order valence-electron chi connectivity index (χ3n) is 3.33. The average molecular weight is 264 g/mol. The summed E-state index contributed by atoms with van der Waals surface area (Å²) < 4.78 is 10.2. The van der Waals surface area contributed by atoms with Crippen LogP contribution < -0.4 is 5.73 Å². The molecule has 1 aliphatic heterocycles. The molecule has 1 fully saturated rings. The zero-order valence-corrected chi connectivity index (χ0v) is 11.2. The Morgan fingerprint density at radius 1 is 1.53 bits per heavy atom. The van der Waals surface area contributed by atoms with Gasteiger partial charge in [-0.25, -0.2) is 0 Å². The minimum atomic E-state index is -0.319. The monoisotopic (exact) mass is 264 g/mol. The molecule has 0 radical (unpaired) electrons. The predicted octanol–water partition coefficient (Wildman–Crippen LogP) is 0.519. The van der Waals surface area contributed by atoms with E-state index in [1.807, 2.05) is 18.2 Å². The average Bonchev–Trinajstić information content (AvgIpc) is 2.47. The summed E-state index contributed by atoms with van der Waals surface area (Å²) in [6.45, 7) is 2.99. The maximum atomic E-state index is 11.7. The third-order valence-corrected chi connectivity index (χ3v) is 3.33. The molecule has 0 spiro atoms. The molecule has 1 heterocycles. The lowest BCUT2D eigenvalue weighted by Crippen LogP contribution is -2.49. The van der Waals surface area contributed by atoms with Gasteiger partial charge in [0, 0.05) is 19.6 Å². The molecule has 5 heteroatoms. The Labute approximate surface area is 113 Å². The number of morpholine rings is 1. The van der Waals surface area contributed by atoms with Crippen LogP contribution in [-0.4, -0.2) is 43.8 Å². The molecule has 1 unspecified atom stereocenters. The highest BCUT2D eigenvalue weighted by molar-refractivity contribution is 5.75. The molecule has 19 heavy (non-hydrogen) atoms. The van der Waals surface area contributed by atoms with E-state index in [9.17, 15) is 4.79 Å². The SMILES string of the molecule is COC(=O)C1COCCN1Cc1cccc(CN)c1. The number of methoxy groups -OCH3 is 1. The van der Waals surface area contributed by atoms with Crippen molar-refractivity contribution < 1.29 is 14.3 Å². The Bertz CT molecular complexity index is 436. The molecule has 1 aromatic rings. The van der Waals surface area contributed by atoms with Crippen molar-refractivity contribution in [3.05, 3.63) is 35.4 Å². The fraction of sp³-hybridized carbons (Fsp3) is 0.500. The third kappa shape index (κ3) is 3.53. The molecule has 1 aromatic carbocycles. The van der Waals surface area contributed by atoms with Crippen molar-refractivity contribution in [3.8, 4) is 0 Å². The zero-order valence-electron chi connectivity index (χ0n) is 11.2. The lowest BCUT2D eigenvalue weighted by Gasteiger charge is -2.33. The normalized spacial score (nSPS) is 20.2. The van der Waals surface area contributed by atoms with Crippen molar-refractivity contribution in [2.24, 2.45) is 5.73 Å². The van der Waals surface area contributed by atoms with E-state index < -0.39 is 0 Å². The highest BCUT2D eigenvalue weighted by Gasteiger charge is 2.30.